The standard InChI is InChI=1S/C15H14ClNOS/c1-11-9-12(4-7-15(11)16)18-10-14-6-5-13(19-14)3-2-8-17/h4-7,9H,8,10,17H2,1H3. The van der Waals surface area contributed by atoms with Gasteiger partial charge in [0.2, 0.25) is 0 Å². The Morgan fingerprint density at radius 2 is 2.16 bits per heavy atom. The van der Waals surface area contributed by atoms with E-state index in [2.05, 4.69) is 11.8 Å². The second-order valence-electron chi connectivity index (χ2n) is 3.97. The first kappa shape index (κ1) is 14.0. The summed E-state index contributed by atoms with van der Waals surface area (Å²) in [4.78, 5) is 2.14. The molecule has 19 heavy (non-hydrogen) atoms. The molecule has 0 saturated heterocycles. The second kappa shape index (κ2) is 6.63. The lowest BCUT2D eigenvalue weighted by molar-refractivity contribution is 0.309. The Balaban J connectivity index is 1.98. The molecule has 0 spiro atoms. The molecule has 1 aromatic heterocycles. The number of ether oxygens (including phenoxy) is 1. The molecule has 0 aliphatic heterocycles. The van der Waals surface area contributed by atoms with Gasteiger partial charge in [0.1, 0.15) is 12.4 Å². The topological polar surface area (TPSA) is 35.2 Å². The maximum Gasteiger partial charge on any atom is 0.122 e. The van der Waals surface area contributed by atoms with Gasteiger partial charge in [-0.05, 0) is 42.8 Å². The van der Waals surface area contributed by atoms with Crippen molar-refractivity contribution in [1.82, 2.24) is 0 Å². The van der Waals surface area contributed by atoms with Crippen LogP contribution in [0.25, 0.3) is 0 Å². The Bertz CT molecular complexity index is 625. The van der Waals surface area contributed by atoms with Gasteiger partial charge in [-0.15, -0.1) is 11.3 Å². The fraction of sp³-hybridized carbons (Fsp3) is 0.200. The third-order valence-corrected chi connectivity index (χ3v) is 3.88. The smallest absolute Gasteiger partial charge is 0.122 e. The Kier molecular flexibility index (Phi) is 4.86. The van der Waals surface area contributed by atoms with Crippen molar-refractivity contribution < 1.29 is 4.74 Å². The van der Waals surface area contributed by atoms with Crippen molar-refractivity contribution in [3.8, 4) is 17.6 Å². The van der Waals surface area contributed by atoms with Crippen LogP contribution in [-0.4, -0.2) is 6.54 Å². The molecule has 0 amide bonds. The van der Waals surface area contributed by atoms with Crippen LogP contribution in [0.1, 0.15) is 15.3 Å². The molecule has 0 fully saturated rings. The number of hydrogen-bond donors (Lipinski definition) is 1. The van der Waals surface area contributed by atoms with Crippen molar-refractivity contribution in [2.75, 3.05) is 6.54 Å². The molecule has 0 atom stereocenters. The van der Waals surface area contributed by atoms with Crippen LogP contribution in [0.15, 0.2) is 30.3 Å². The number of rotatable bonds is 3. The minimum Gasteiger partial charge on any atom is -0.488 e. The highest BCUT2D eigenvalue weighted by Crippen LogP contribution is 2.23. The van der Waals surface area contributed by atoms with E-state index in [-0.39, 0.29) is 0 Å². The zero-order valence-corrected chi connectivity index (χ0v) is 12.1. The van der Waals surface area contributed by atoms with E-state index in [9.17, 15) is 0 Å². The summed E-state index contributed by atoms with van der Waals surface area (Å²) in [5.74, 6) is 6.67. The largest absolute Gasteiger partial charge is 0.488 e. The van der Waals surface area contributed by atoms with Crippen molar-refractivity contribution in [1.29, 1.82) is 0 Å². The van der Waals surface area contributed by atoms with Gasteiger partial charge in [0.05, 0.1) is 11.4 Å². The average Bonchev–Trinajstić information content (AvgIpc) is 2.86. The Hall–Kier alpha value is -1.47. The molecule has 2 rings (SSSR count). The number of halogens is 1. The molecule has 2 nitrogen and oxygen atoms in total. The lowest BCUT2D eigenvalue weighted by Crippen LogP contribution is -1.93. The van der Waals surface area contributed by atoms with Gasteiger partial charge in [-0.1, -0.05) is 23.4 Å². The van der Waals surface area contributed by atoms with Crippen LogP contribution < -0.4 is 10.5 Å². The third-order valence-electron chi connectivity index (χ3n) is 2.49. The molecule has 2 aromatic rings. The normalized spacial score (nSPS) is 9.84. The molecule has 4 heteroatoms. The number of benzene rings is 1. The molecule has 1 heterocycles. The van der Waals surface area contributed by atoms with Crippen LogP contribution in [0.2, 0.25) is 5.02 Å². The maximum absolute atomic E-state index is 5.97. The lowest BCUT2D eigenvalue weighted by Gasteiger charge is -2.06. The first-order valence-corrected chi connectivity index (χ1v) is 7.05. The van der Waals surface area contributed by atoms with Crippen LogP contribution in [0.5, 0.6) is 5.75 Å². The first-order chi connectivity index (χ1) is 9.19. The summed E-state index contributed by atoms with van der Waals surface area (Å²) >= 11 is 7.59. The fourth-order valence-corrected chi connectivity index (χ4v) is 2.44. The summed E-state index contributed by atoms with van der Waals surface area (Å²) in [6.45, 7) is 2.88. The quantitative estimate of drug-likeness (QED) is 0.877. The van der Waals surface area contributed by atoms with E-state index in [0.29, 0.717) is 13.2 Å². The number of thiophene rings is 1. The van der Waals surface area contributed by atoms with E-state index in [4.69, 9.17) is 22.1 Å². The van der Waals surface area contributed by atoms with E-state index in [1.165, 1.54) is 0 Å². The van der Waals surface area contributed by atoms with E-state index >= 15 is 0 Å². The van der Waals surface area contributed by atoms with Gasteiger partial charge in [-0.25, -0.2) is 0 Å². The predicted octanol–water partition coefficient (Wildman–Crippen LogP) is 3.60. The number of aryl methyl sites for hydroxylation is 1. The highest BCUT2D eigenvalue weighted by Gasteiger charge is 2.01. The Labute approximate surface area is 122 Å². The monoisotopic (exact) mass is 291 g/mol. The van der Waals surface area contributed by atoms with Crippen LogP contribution in [-0.2, 0) is 6.61 Å². The Morgan fingerprint density at radius 1 is 1.32 bits per heavy atom. The molecule has 98 valence electrons. The average molecular weight is 292 g/mol. The molecule has 0 aliphatic carbocycles. The van der Waals surface area contributed by atoms with Crippen molar-refractivity contribution in [2.45, 2.75) is 13.5 Å². The summed E-state index contributed by atoms with van der Waals surface area (Å²) < 4.78 is 5.72. The van der Waals surface area contributed by atoms with Crippen LogP contribution in [0.3, 0.4) is 0 Å². The summed E-state index contributed by atoms with van der Waals surface area (Å²) in [5, 5.41) is 0.753. The molecular weight excluding hydrogens is 278 g/mol. The number of nitrogens with two attached hydrogens (primary N) is 1. The summed E-state index contributed by atoms with van der Waals surface area (Å²) in [6, 6.07) is 9.66. The predicted molar refractivity (Wildman–Crippen MR) is 80.8 cm³/mol. The van der Waals surface area contributed by atoms with Gasteiger partial charge in [-0.2, -0.15) is 0 Å². The van der Waals surface area contributed by atoms with Gasteiger partial charge < -0.3 is 10.5 Å². The van der Waals surface area contributed by atoms with Crippen LogP contribution in [0, 0.1) is 18.8 Å². The zero-order valence-electron chi connectivity index (χ0n) is 10.6. The SMILES string of the molecule is Cc1cc(OCc2ccc(C#CCN)s2)ccc1Cl. The van der Waals surface area contributed by atoms with Gasteiger partial charge in [0.25, 0.3) is 0 Å². The molecule has 2 N–H and O–H groups in total. The molecule has 1 aromatic carbocycles. The fourth-order valence-electron chi connectivity index (χ4n) is 1.52. The van der Waals surface area contributed by atoms with E-state index in [0.717, 1.165) is 26.1 Å². The van der Waals surface area contributed by atoms with Gasteiger partial charge in [0, 0.05) is 9.90 Å². The van der Waals surface area contributed by atoms with E-state index < -0.39 is 0 Å². The zero-order chi connectivity index (χ0) is 13.7. The van der Waals surface area contributed by atoms with Crippen molar-refractivity contribution in [3.05, 3.63) is 50.7 Å². The highest BCUT2D eigenvalue weighted by atomic mass is 35.5. The van der Waals surface area contributed by atoms with Gasteiger partial charge >= 0.3 is 0 Å². The van der Waals surface area contributed by atoms with Crippen LogP contribution in [0.4, 0.5) is 0 Å². The summed E-state index contributed by atoms with van der Waals surface area (Å²) in [5.41, 5.74) is 6.35. The summed E-state index contributed by atoms with van der Waals surface area (Å²) in [6.07, 6.45) is 0. The maximum atomic E-state index is 5.97. The van der Waals surface area contributed by atoms with Gasteiger partial charge in [0.15, 0.2) is 0 Å². The highest BCUT2D eigenvalue weighted by molar-refractivity contribution is 7.12. The minimum atomic E-state index is 0.383. The molecule has 0 unspecified atom stereocenters. The molecule has 0 saturated carbocycles. The minimum absolute atomic E-state index is 0.383. The molecule has 0 bridgehead atoms. The van der Waals surface area contributed by atoms with Crippen molar-refractivity contribution in [3.63, 3.8) is 0 Å². The number of hydrogen-bond acceptors (Lipinski definition) is 3. The Morgan fingerprint density at radius 3 is 2.89 bits per heavy atom. The second-order valence-corrected chi connectivity index (χ2v) is 5.55. The van der Waals surface area contributed by atoms with Gasteiger partial charge in [-0.3, -0.25) is 0 Å². The van der Waals surface area contributed by atoms with Crippen molar-refractivity contribution in [2.24, 2.45) is 5.73 Å². The molecule has 0 aliphatic rings. The van der Waals surface area contributed by atoms with E-state index in [1.54, 1.807) is 11.3 Å². The summed E-state index contributed by atoms with van der Waals surface area (Å²) in [7, 11) is 0. The van der Waals surface area contributed by atoms with Crippen molar-refractivity contribution >= 4 is 22.9 Å². The van der Waals surface area contributed by atoms with E-state index in [1.807, 2.05) is 37.3 Å². The molecule has 0 radical (unpaired) electrons. The lowest BCUT2D eigenvalue weighted by atomic mass is 10.2. The van der Waals surface area contributed by atoms with Crippen LogP contribution >= 0.6 is 22.9 Å². The first-order valence-electron chi connectivity index (χ1n) is 5.85. The third kappa shape index (κ3) is 4.00. The molecular formula is C15H14ClNOS.